The summed E-state index contributed by atoms with van der Waals surface area (Å²) in [7, 11) is 1.77. The zero-order valence-electron chi connectivity index (χ0n) is 10.8. The average molecular weight is 356 g/mol. The van der Waals surface area contributed by atoms with Crippen molar-refractivity contribution < 1.29 is 17.6 Å². The molecule has 1 unspecified atom stereocenters. The molecule has 1 aromatic heterocycles. The van der Waals surface area contributed by atoms with Gasteiger partial charge >= 0.3 is 6.18 Å². The number of hydrogen-bond donors (Lipinski definition) is 0. The first-order valence-electron chi connectivity index (χ1n) is 6.07. The van der Waals surface area contributed by atoms with Crippen LogP contribution in [0.1, 0.15) is 5.56 Å². The fourth-order valence-corrected chi connectivity index (χ4v) is 2.53. The Hall–Kier alpha value is -0.890. The molecule has 1 aromatic rings. The lowest BCUT2D eigenvalue weighted by Gasteiger charge is -2.39. The van der Waals surface area contributed by atoms with Gasteiger partial charge in [0.15, 0.2) is 0 Å². The number of anilines is 1. The second-order valence-electron chi connectivity index (χ2n) is 4.76. The smallest absolute Gasteiger partial charge is 0.353 e. The van der Waals surface area contributed by atoms with Crippen molar-refractivity contribution >= 4 is 21.7 Å². The Balaban J connectivity index is 2.33. The SMILES string of the molecule is CN1CCN(c2ncc(Br)cc2C(F)(F)F)CC1CF. The van der Waals surface area contributed by atoms with Crippen LogP contribution in [0.25, 0.3) is 0 Å². The quantitative estimate of drug-likeness (QED) is 0.760. The van der Waals surface area contributed by atoms with Gasteiger partial charge in [0.1, 0.15) is 12.5 Å². The normalized spacial score (nSPS) is 21.3. The minimum Gasteiger partial charge on any atom is -0.353 e. The first-order valence-corrected chi connectivity index (χ1v) is 6.86. The molecule has 1 aliphatic heterocycles. The molecule has 0 bridgehead atoms. The number of rotatable bonds is 2. The summed E-state index contributed by atoms with van der Waals surface area (Å²) in [5.41, 5.74) is -0.797. The molecule has 1 fully saturated rings. The van der Waals surface area contributed by atoms with Crippen molar-refractivity contribution in [1.29, 1.82) is 0 Å². The third-order valence-corrected chi connectivity index (χ3v) is 3.83. The van der Waals surface area contributed by atoms with E-state index in [-0.39, 0.29) is 16.8 Å². The number of hydrogen-bond acceptors (Lipinski definition) is 3. The van der Waals surface area contributed by atoms with Crippen LogP contribution in [0.15, 0.2) is 16.7 Å². The second-order valence-corrected chi connectivity index (χ2v) is 5.67. The summed E-state index contributed by atoms with van der Waals surface area (Å²) in [5, 5.41) is 0. The van der Waals surface area contributed by atoms with Crippen molar-refractivity contribution in [2.45, 2.75) is 12.2 Å². The minimum absolute atomic E-state index is 0.132. The Morgan fingerprint density at radius 1 is 1.40 bits per heavy atom. The molecule has 8 heteroatoms. The molecule has 0 amide bonds. The number of piperazine rings is 1. The van der Waals surface area contributed by atoms with E-state index < -0.39 is 24.5 Å². The van der Waals surface area contributed by atoms with E-state index in [1.807, 2.05) is 4.90 Å². The molecule has 2 heterocycles. The van der Waals surface area contributed by atoms with E-state index in [4.69, 9.17) is 0 Å². The molecule has 3 nitrogen and oxygen atoms in total. The maximum absolute atomic E-state index is 13.1. The molecule has 1 atom stereocenters. The number of halogens is 5. The lowest BCUT2D eigenvalue weighted by atomic mass is 10.1. The van der Waals surface area contributed by atoms with Gasteiger partial charge in [0, 0.05) is 30.3 Å². The molecular weight excluding hydrogens is 342 g/mol. The maximum Gasteiger partial charge on any atom is 0.419 e. The highest BCUT2D eigenvalue weighted by molar-refractivity contribution is 9.10. The Kier molecular flexibility index (Phi) is 4.53. The zero-order valence-corrected chi connectivity index (χ0v) is 12.4. The van der Waals surface area contributed by atoms with Crippen LogP contribution >= 0.6 is 15.9 Å². The fraction of sp³-hybridized carbons (Fsp3) is 0.583. The van der Waals surface area contributed by atoms with E-state index in [1.54, 1.807) is 7.05 Å². The van der Waals surface area contributed by atoms with E-state index in [1.165, 1.54) is 11.1 Å². The van der Waals surface area contributed by atoms with Crippen molar-refractivity contribution in [3.8, 4) is 0 Å². The van der Waals surface area contributed by atoms with E-state index >= 15 is 0 Å². The van der Waals surface area contributed by atoms with Crippen molar-refractivity contribution in [3.63, 3.8) is 0 Å². The highest BCUT2D eigenvalue weighted by Gasteiger charge is 2.37. The summed E-state index contributed by atoms with van der Waals surface area (Å²) in [6.45, 7) is 0.504. The minimum atomic E-state index is -4.49. The largest absolute Gasteiger partial charge is 0.419 e. The van der Waals surface area contributed by atoms with Crippen LogP contribution in [0.5, 0.6) is 0 Å². The lowest BCUT2D eigenvalue weighted by Crippen LogP contribution is -2.53. The van der Waals surface area contributed by atoms with Crippen LogP contribution in [-0.2, 0) is 6.18 Å². The third-order valence-electron chi connectivity index (χ3n) is 3.39. The standard InChI is InChI=1S/C12H14BrF4N3/c1-19-2-3-20(7-9(19)5-14)11-10(12(15,16)17)4-8(13)6-18-11/h4,6,9H,2-3,5,7H2,1H3. The first-order chi connectivity index (χ1) is 9.32. The van der Waals surface area contributed by atoms with Crippen LogP contribution in [0, 0.1) is 0 Å². The summed E-state index contributed by atoms with van der Waals surface area (Å²) in [6.07, 6.45) is -3.16. The van der Waals surface area contributed by atoms with Gasteiger partial charge < -0.3 is 4.90 Å². The molecule has 2 rings (SSSR count). The van der Waals surface area contributed by atoms with Crippen molar-refractivity contribution in [2.24, 2.45) is 0 Å². The van der Waals surface area contributed by atoms with E-state index in [9.17, 15) is 17.6 Å². The average Bonchev–Trinajstić information content (AvgIpc) is 2.38. The topological polar surface area (TPSA) is 19.4 Å². The second kappa shape index (κ2) is 5.85. The molecule has 0 radical (unpaired) electrons. The molecule has 0 saturated carbocycles. The fourth-order valence-electron chi connectivity index (χ4n) is 2.20. The molecule has 112 valence electrons. The van der Waals surface area contributed by atoms with Gasteiger partial charge in [-0.15, -0.1) is 0 Å². The van der Waals surface area contributed by atoms with Crippen molar-refractivity contribution in [1.82, 2.24) is 9.88 Å². The Bertz CT molecular complexity index is 480. The highest BCUT2D eigenvalue weighted by Crippen LogP contribution is 2.37. The van der Waals surface area contributed by atoms with E-state index in [2.05, 4.69) is 20.9 Å². The molecule has 0 spiro atoms. The molecule has 0 N–H and O–H groups in total. The number of aromatic nitrogens is 1. The summed E-state index contributed by atoms with van der Waals surface area (Å²) in [4.78, 5) is 7.19. The third kappa shape index (κ3) is 3.22. The van der Waals surface area contributed by atoms with Gasteiger partial charge in [-0.1, -0.05) is 0 Å². The number of alkyl halides is 4. The van der Waals surface area contributed by atoms with Crippen molar-refractivity contribution in [3.05, 3.63) is 22.3 Å². The Morgan fingerprint density at radius 2 is 2.10 bits per heavy atom. The van der Waals surface area contributed by atoms with Crippen molar-refractivity contribution in [2.75, 3.05) is 38.3 Å². The van der Waals surface area contributed by atoms with E-state index in [0.717, 1.165) is 6.07 Å². The van der Waals surface area contributed by atoms with Gasteiger partial charge in [0.05, 0.1) is 11.6 Å². The van der Waals surface area contributed by atoms with Crippen LogP contribution in [0.2, 0.25) is 0 Å². The Morgan fingerprint density at radius 3 is 2.70 bits per heavy atom. The van der Waals surface area contributed by atoms with Crippen LogP contribution in [-0.4, -0.2) is 49.3 Å². The summed E-state index contributed by atoms with van der Waals surface area (Å²) in [6, 6.07) is 0.598. The van der Waals surface area contributed by atoms with Gasteiger partial charge in [0.25, 0.3) is 0 Å². The predicted octanol–water partition coefficient (Wildman–Crippen LogP) is 2.95. The van der Waals surface area contributed by atoms with Gasteiger partial charge in [0.2, 0.25) is 0 Å². The van der Waals surface area contributed by atoms with Gasteiger partial charge in [-0.3, -0.25) is 4.90 Å². The number of likely N-dealkylation sites (N-methyl/N-ethyl adjacent to an activating group) is 1. The highest BCUT2D eigenvalue weighted by atomic mass is 79.9. The summed E-state index contributed by atoms with van der Waals surface area (Å²) >= 11 is 3.00. The number of pyridine rings is 1. The van der Waals surface area contributed by atoms with Crippen LogP contribution < -0.4 is 4.90 Å². The van der Waals surface area contributed by atoms with Gasteiger partial charge in [-0.25, -0.2) is 9.37 Å². The van der Waals surface area contributed by atoms with Crippen LogP contribution in [0.3, 0.4) is 0 Å². The van der Waals surface area contributed by atoms with Crippen LogP contribution in [0.4, 0.5) is 23.4 Å². The monoisotopic (exact) mass is 355 g/mol. The van der Waals surface area contributed by atoms with E-state index in [0.29, 0.717) is 13.1 Å². The van der Waals surface area contributed by atoms with Gasteiger partial charge in [-0.2, -0.15) is 13.2 Å². The summed E-state index contributed by atoms with van der Waals surface area (Å²) < 4.78 is 52.4. The first kappa shape index (κ1) is 15.5. The predicted molar refractivity (Wildman–Crippen MR) is 71.5 cm³/mol. The lowest BCUT2D eigenvalue weighted by molar-refractivity contribution is -0.137. The molecular formula is C12H14BrF4N3. The molecule has 1 saturated heterocycles. The molecule has 0 aliphatic carbocycles. The zero-order chi connectivity index (χ0) is 14.9. The maximum atomic E-state index is 13.1. The molecule has 1 aliphatic rings. The molecule has 0 aromatic carbocycles. The Labute approximate surface area is 122 Å². The number of nitrogens with zero attached hydrogens (tertiary/aromatic N) is 3. The van der Waals surface area contributed by atoms with Gasteiger partial charge in [-0.05, 0) is 29.0 Å². The molecule has 20 heavy (non-hydrogen) atoms. The summed E-state index contributed by atoms with van der Waals surface area (Å²) in [5.74, 6) is -0.132.